The van der Waals surface area contributed by atoms with Crippen LogP contribution in [0.15, 0.2) is 23.8 Å². The molecule has 0 saturated heterocycles. The predicted octanol–water partition coefficient (Wildman–Crippen LogP) is 1.98. The minimum Gasteiger partial charge on any atom is -0.356 e. The van der Waals surface area contributed by atoms with E-state index in [4.69, 9.17) is 0 Å². The maximum atomic E-state index is 11.6. The summed E-state index contributed by atoms with van der Waals surface area (Å²) in [5.74, 6) is 0.845. The van der Waals surface area contributed by atoms with Gasteiger partial charge in [0.2, 0.25) is 5.91 Å². The normalized spacial score (nSPS) is 12.1. The van der Waals surface area contributed by atoms with Gasteiger partial charge in [-0.3, -0.25) is 4.79 Å². The summed E-state index contributed by atoms with van der Waals surface area (Å²) in [5, 5.41) is 7.45. The van der Waals surface area contributed by atoms with Gasteiger partial charge < -0.3 is 15.5 Å². The molecule has 6 nitrogen and oxygen atoms in total. The first-order valence-electron chi connectivity index (χ1n) is 7.19. The predicted molar refractivity (Wildman–Crippen MR) is 108 cm³/mol. The SMILES string of the molecule is C=CCNC(=NCC(=O)N(C)C)NCC(C)c1ncc(C)s1.I. The third-order valence-corrected chi connectivity index (χ3v) is 4.07. The lowest BCUT2D eigenvalue weighted by atomic mass is 10.2. The van der Waals surface area contributed by atoms with Gasteiger partial charge in [0.15, 0.2) is 5.96 Å². The standard InChI is InChI=1S/C15H25N5OS.HI/c1-6-7-16-15(19-10-13(21)20(4)5)18-8-11(2)14-17-9-12(3)22-14;/h6,9,11H,1,7-8,10H2,2-5H3,(H2,16,18,19);1H. The Labute approximate surface area is 159 Å². The largest absolute Gasteiger partial charge is 0.356 e. The number of guanidine groups is 1. The Morgan fingerprint density at radius 3 is 2.74 bits per heavy atom. The van der Waals surface area contributed by atoms with Gasteiger partial charge in [0, 0.05) is 44.2 Å². The summed E-state index contributed by atoms with van der Waals surface area (Å²) in [6, 6.07) is 0. The summed E-state index contributed by atoms with van der Waals surface area (Å²) in [6.45, 7) is 9.24. The average molecular weight is 451 g/mol. The summed E-state index contributed by atoms with van der Waals surface area (Å²) in [6.07, 6.45) is 3.63. The third kappa shape index (κ3) is 8.31. The van der Waals surface area contributed by atoms with E-state index in [1.165, 1.54) is 9.78 Å². The monoisotopic (exact) mass is 451 g/mol. The molecule has 1 amide bonds. The molecule has 130 valence electrons. The van der Waals surface area contributed by atoms with Gasteiger partial charge in [0.1, 0.15) is 6.54 Å². The number of carbonyl (C=O) groups is 1. The second kappa shape index (κ2) is 11.4. The fourth-order valence-corrected chi connectivity index (χ4v) is 2.39. The van der Waals surface area contributed by atoms with Crippen molar-refractivity contribution in [3.63, 3.8) is 0 Å². The molecule has 0 radical (unpaired) electrons. The molecule has 8 heteroatoms. The zero-order chi connectivity index (χ0) is 16.5. The van der Waals surface area contributed by atoms with E-state index >= 15 is 0 Å². The first-order chi connectivity index (χ1) is 10.4. The number of likely N-dealkylation sites (N-methyl/N-ethyl adjacent to an activating group) is 1. The van der Waals surface area contributed by atoms with Crippen LogP contribution in [0.3, 0.4) is 0 Å². The zero-order valence-corrected chi connectivity index (χ0v) is 17.3. The van der Waals surface area contributed by atoms with Crippen molar-refractivity contribution in [3.05, 3.63) is 28.7 Å². The number of halogens is 1. The number of nitrogens with zero attached hydrogens (tertiary/aromatic N) is 3. The number of hydrogen-bond donors (Lipinski definition) is 2. The van der Waals surface area contributed by atoms with Crippen molar-refractivity contribution < 1.29 is 4.79 Å². The van der Waals surface area contributed by atoms with Gasteiger partial charge in [-0.2, -0.15) is 0 Å². The fraction of sp³-hybridized carbons (Fsp3) is 0.533. The summed E-state index contributed by atoms with van der Waals surface area (Å²) >= 11 is 1.70. The Morgan fingerprint density at radius 1 is 1.52 bits per heavy atom. The molecule has 0 aliphatic rings. The molecule has 0 bridgehead atoms. The van der Waals surface area contributed by atoms with E-state index in [0.29, 0.717) is 19.0 Å². The summed E-state index contributed by atoms with van der Waals surface area (Å²) in [7, 11) is 3.43. The van der Waals surface area contributed by atoms with Crippen molar-refractivity contribution in [3.8, 4) is 0 Å². The Balaban J connectivity index is 0.00000484. The summed E-state index contributed by atoms with van der Waals surface area (Å²) < 4.78 is 0. The molecule has 1 atom stereocenters. The van der Waals surface area contributed by atoms with Crippen LogP contribution in [0.2, 0.25) is 0 Å². The number of aryl methyl sites for hydroxylation is 1. The van der Waals surface area contributed by atoms with Gasteiger partial charge in [0.25, 0.3) is 0 Å². The van der Waals surface area contributed by atoms with Crippen molar-refractivity contribution in [2.45, 2.75) is 19.8 Å². The molecule has 1 aromatic rings. The fourth-order valence-electron chi connectivity index (χ4n) is 1.57. The molecule has 0 saturated carbocycles. The highest BCUT2D eigenvalue weighted by Gasteiger charge is 2.11. The molecule has 0 aliphatic heterocycles. The van der Waals surface area contributed by atoms with E-state index in [9.17, 15) is 4.79 Å². The second-order valence-electron chi connectivity index (χ2n) is 5.21. The molecule has 0 aliphatic carbocycles. The minimum absolute atomic E-state index is 0. The van der Waals surface area contributed by atoms with Crippen molar-refractivity contribution in [1.82, 2.24) is 20.5 Å². The Hall–Kier alpha value is -1.16. The van der Waals surface area contributed by atoms with Gasteiger partial charge >= 0.3 is 0 Å². The summed E-state index contributed by atoms with van der Waals surface area (Å²) in [4.78, 5) is 23.0. The molecule has 1 unspecified atom stereocenters. The van der Waals surface area contributed by atoms with E-state index in [-0.39, 0.29) is 42.3 Å². The van der Waals surface area contributed by atoms with Crippen LogP contribution in [0, 0.1) is 6.92 Å². The van der Waals surface area contributed by atoms with Crippen molar-refractivity contribution in [2.24, 2.45) is 4.99 Å². The van der Waals surface area contributed by atoms with Crippen molar-refractivity contribution in [2.75, 3.05) is 33.7 Å². The van der Waals surface area contributed by atoms with Gasteiger partial charge in [-0.15, -0.1) is 41.9 Å². The Bertz CT molecular complexity index is 530. The number of aromatic nitrogens is 1. The van der Waals surface area contributed by atoms with E-state index in [1.807, 2.05) is 13.1 Å². The lowest BCUT2D eigenvalue weighted by Gasteiger charge is -2.15. The van der Waals surface area contributed by atoms with Gasteiger partial charge in [0.05, 0.1) is 5.01 Å². The molecule has 0 aromatic carbocycles. The number of carbonyl (C=O) groups excluding carboxylic acids is 1. The molecule has 1 heterocycles. The number of hydrogen-bond acceptors (Lipinski definition) is 4. The first-order valence-corrected chi connectivity index (χ1v) is 8.01. The van der Waals surface area contributed by atoms with E-state index in [1.54, 1.807) is 31.5 Å². The van der Waals surface area contributed by atoms with Crippen molar-refractivity contribution >= 4 is 47.2 Å². The lowest BCUT2D eigenvalue weighted by Crippen LogP contribution is -2.40. The molecular weight excluding hydrogens is 425 g/mol. The van der Waals surface area contributed by atoms with Crippen LogP contribution in [-0.2, 0) is 4.79 Å². The number of rotatable bonds is 7. The number of thiazole rings is 1. The molecule has 2 N–H and O–H groups in total. The molecule has 23 heavy (non-hydrogen) atoms. The van der Waals surface area contributed by atoms with E-state index in [2.05, 4.69) is 34.1 Å². The topological polar surface area (TPSA) is 69.6 Å². The van der Waals surface area contributed by atoms with Crippen LogP contribution < -0.4 is 10.6 Å². The highest BCUT2D eigenvalue weighted by Crippen LogP contribution is 2.20. The quantitative estimate of drug-likeness (QED) is 0.288. The first kappa shape index (κ1) is 21.8. The van der Waals surface area contributed by atoms with E-state index in [0.717, 1.165) is 5.01 Å². The van der Waals surface area contributed by atoms with Crippen LogP contribution in [0.4, 0.5) is 0 Å². The molecule has 0 spiro atoms. The Kier molecular flexibility index (Phi) is 10.8. The van der Waals surface area contributed by atoms with Crippen LogP contribution in [-0.4, -0.2) is 55.5 Å². The minimum atomic E-state index is -0.0386. The lowest BCUT2D eigenvalue weighted by molar-refractivity contribution is -0.127. The summed E-state index contributed by atoms with van der Waals surface area (Å²) in [5.41, 5.74) is 0. The van der Waals surface area contributed by atoms with E-state index < -0.39 is 0 Å². The second-order valence-corrected chi connectivity index (χ2v) is 6.48. The molecule has 1 rings (SSSR count). The average Bonchev–Trinajstić information content (AvgIpc) is 2.92. The van der Waals surface area contributed by atoms with Crippen LogP contribution in [0.25, 0.3) is 0 Å². The number of aliphatic imine (C=N–C) groups is 1. The van der Waals surface area contributed by atoms with Crippen LogP contribution in [0.5, 0.6) is 0 Å². The van der Waals surface area contributed by atoms with Gasteiger partial charge in [-0.25, -0.2) is 9.98 Å². The maximum absolute atomic E-state index is 11.6. The molecule has 0 fully saturated rings. The van der Waals surface area contributed by atoms with Crippen molar-refractivity contribution in [1.29, 1.82) is 0 Å². The number of nitrogens with one attached hydrogen (secondary N) is 2. The van der Waals surface area contributed by atoms with Gasteiger partial charge in [-0.05, 0) is 6.92 Å². The van der Waals surface area contributed by atoms with Crippen LogP contribution in [0.1, 0.15) is 22.7 Å². The van der Waals surface area contributed by atoms with Crippen LogP contribution >= 0.6 is 35.3 Å². The highest BCUT2D eigenvalue weighted by molar-refractivity contribution is 14.0. The third-order valence-electron chi connectivity index (χ3n) is 2.92. The highest BCUT2D eigenvalue weighted by atomic mass is 127. The number of amides is 1. The zero-order valence-electron chi connectivity index (χ0n) is 14.1. The molecular formula is C15H26IN5OS. The Morgan fingerprint density at radius 2 is 2.22 bits per heavy atom. The molecule has 1 aromatic heterocycles. The van der Waals surface area contributed by atoms with Gasteiger partial charge in [-0.1, -0.05) is 13.0 Å². The smallest absolute Gasteiger partial charge is 0.243 e. The maximum Gasteiger partial charge on any atom is 0.243 e.